The molecule has 0 aliphatic rings. The predicted octanol–water partition coefficient (Wildman–Crippen LogP) is 3.96. The minimum Gasteiger partial charge on any atom is -0.207 e. The van der Waals surface area contributed by atoms with Crippen LogP contribution < -0.4 is 0 Å². The molecule has 0 spiro atoms. The minimum atomic E-state index is -4.25. The molecule has 0 bridgehead atoms. The summed E-state index contributed by atoms with van der Waals surface area (Å²) in [5, 5.41) is 0. The first-order valence-electron chi connectivity index (χ1n) is 4.53. The molecule has 1 rings (SSSR count). The summed E-state index contributed by atoms with van der Waals surface area (Å²) in [5.41, 5.74) is -1.30. The molecule has 0 heterocycles. The first-order chi connectivity index (χ1) is 6.72. The fourth-order valence-corrected chi connectivity index (χ4v) is 1.21. The summed E-state index contributed by atoms with van der Waals surface area (Å²) >= 11 is 0. The maximum Gasteiger partial charge on any atom is 0.394 e. The van der Waals surface area contributed by atoms with Gasteiger partial charge < -0.3 is 0 Å². The molecule has 0 fully saturated rings. The van der Waals surface area contributed by atoms with E-state index in [1.165, 1.54) is 24.3 Å². The maximum atomic E-state index is 12.5. The van der Waals surface area contributed by atoms with Gasteiger partial charge in [-0.15, -0.1) is 0 Å². The molecule has 15 heavy (non-hydrogen) atoms. The van der Waals surface area contributed by atoms with Gasteiger partial charge in [-0.05, 0) is 24.1 Å². The van der Waals surface area contributed by atoms with Crippen molar-refractivity contribution in [1.82, 2.24) is 0 Å². The van der Waals surface area contributed by atoms with Crippen molar-refractivity contribution in [3.8, 4) is 0 Å². The molecule has 0 saturated carbocycles. The van der Waals surface area contributed by atoms with Crippen LogP contribution in [0.5, 0.6) is 0 Å². The summed E-state index contributed by atoms with van der Waals surface area (Å²) in [5.74, 6) is -0.441. The van der Waals surface area contributed by atoms with E-state index in [1.54, 1.807) is 0 Å². The van der Waals surface area contributed by atoms with Crippen LogP contribution in [0.15, 0.2) is 24.3 Å². The van der Waals surface area contributed by atoms with Gasteiger partial charge in [-0.25, -0.2) is 4.39 Å². The SMILES string of the molecule is CC(C)(Cc1ccc(F)cc1)C(F)(F)F. The van der Waals surface area contributed by atoms with Crippen molar-refractivity contribution >= 4 is 0 Å². The number of alkyl halides is 3. The van der Waals surface area contributed by atoms with Crippen molar-refractivity contribution in [1.29, 1.82) is 0 Å². The van der Waals surface area contributed by atoms with E-state index in [-0.39, 0.29) is 6.42 Å². The van der Waals surface area contributed by atoms with Gasteiger partial charge in [0.05, 0.1) is 5.41 Å². The Bertz CT molecular complexity index is 321. The predicted molar refractivity (Wildman–Crippen MR) is 49.9 cm³/mol. The lowest BCUT2D eigenvalue weighted by Gasteiger charge is -2.27. The molecule has 0 aromatic heterocycles. The summed E-state index contributed by atoms with van der Waals surface area (Å²) in [4.78, 5) is 0. The Labute approximate surface area is 85.9 Å². The highest BCUT2D eigenvalue weighted by Gasteiger charge is 2.46. The Hall–Kier alpha value is -1.06. The topological polar surface area (TPSA) is 0 Å². The van der Waals surface area contributed by atoms with Crippen LogP contribution in [0.3, 0.4) is 0 Å². The van der Waals surface area contributed by atoms with Gasteiger partial charge in [0.2, 0.25) is 0 Å². The normalized spacial score (nSPS) is 12.9. The quantitative estimate of drug-likeness (QED) is 0.662. The Kier molecular flexibility index (Phi) is 3.07. The Morgan fingerprint density at radius 1 is 1.00 bits per heavy atom. The molecule has 0 aliphatic carbocycles. The average Bonchev–Trinajstić information content (AvgIpc) is 2.06. The summed E-state index contributed by atoms with van der Waals surface area (Å²) in [6.45, 7) is 2.27. The first kappa shape index (κ1) is 12.0. The smallest absolute Gasteiger partial charge is 0.207 e. The Morgan fingerprint density at radius 2 is 1.47 bits per heavy atom. The molecule has 0 aliphatic heterocycles. The fraction of sp³-hybridized carbons (Fsp3) is 0.455. The summed E-state index contributed by atoms with van der Waals surface area (Å²) in [6, 6.07) is 5.09. The molecule has 1 aromatic carbocycles. The van der Waals surface area contributed by atoms with E-state index >= 15 is 0 Å². The van der Waals surface area contributed by atoms with Crippen LogP contribution in [-0.4, -0.2) is 6.18 Å². The van der Waals surface area contributed by atoms with E-state index in [0.717, 1.165) is 13.8 Å². The van der Waals surface area contributed by atoms with Crippen LogP contribution in [0.1, 0.15) is 19.4 Å². The van der Waals surface area contributed by atoms with Gasteiger partial charge >= 0.3 is 6.18 Å². The van der Waals surface area contributed by atoms with Crippen LogP contribution in [0.2, 0.25) is 0 Å². The third-order valence-corrected chi connectivity index (χ3v) is 2.33. The van der Waals surface area contributed by atoms with Gasteiger partial charge in [0.25, 0.3) is 0 Å². The molecule has 0 saturated heterocycles. The Balaban J connectivity index is 2.82. The zero-order valence-electron chi connectivity index (χ0n) is 8.53. The monoisotopic (exact) mass is 220 g/mol. The number of hydrogen-bond acceptors (Lipinski definition) is 0. The number of halogens is 4. The lowest BCUT2D eigenvalue weighted by Crippen LogP contribution is -2.34. The zero-order valence-corrected chi connectivity index (χ0v) is 8.53. The van der Waals surface area contributed by atoms with Gasteiger partial charge in [0, 0.05) is 0 Å². The molecule has 0 N–H and O–H groups in total. The second-order valence-corrected chi connectivity index (χ2v) is 4.18. The lowest BCUT2D eigenvalue weighted by atomic mass is 9.85. The van der Waals surface area contributed by atoms with Gasteiger partial charge in [-0.3, -0.25) is 0 Å². The van der Waals surface area contributed by atoms with Crippen molar-refractivity contribution in [2.75, 3.05) is 0 Å². The van der Waals surface area contributed by atoms with Crippen molar-refractivity contribution in [3.63, 3.8) is 0 Å². The largest absolute Gasteiger partial charge is 0.394 e. The molecule has 1 aromatic rings. The molecule has 0 unspecified atom stereocenters. The van der Waals surface area contributed by atoms with Crippen LogP contribution in [-0.2, 0) is 6.42 Å². The highest BCUT2D eigenvalue weighted by atomic mass is 19.4. The molecule has 4 heteroatoms. The third kappa shape index (κ3) is 2.94. The van der Waals surface area contributed by atoms with Gasteiger partial charge in [0.1, 0.15) is 5.82 Å². The van der Waals surface area contributed by atoms with Gasteiger partial charge in [-0.1, -0.05) is 26.0 Å². The lowest BCUT2D eigenvalue weighted by molar-refractivity contribution is -0.211. The first-order valence-corrected chi connectivity index (χ1v) is 4.53. The van der Waals surface area contributed by atoms with E-state index in [1.807, 2.05) is 0 Å². The molecule has 0 radical (unpaired) electrons. The number of rotatable bonds is 2. The van der Waals surface area contributed by atoms with E-state index in [4.69, 9.17) is 0 Å². The van der Waals surface area contributed by atoms with Gasteiger partial charge in [-0.2, -0.15) is 13.2 Å². The second-order valence-electron chi connectivity index (χ2n) is 4.18. The highest BCUT2D eigenvalue weighted by Crippen LogP contribution is 2.40. The van der Waals surface area contributed by atoms with E-state index < -0.39 is 17.4 Å². The van der Waals surface area contributed by atoms with Gasteiger partial charge in [0.15, 0.2) is 0 Å². The van der Waals surface area contributed by atoms with Crippen molar-refractivity contribution in [2.24, 2.45) is 5.41 Å². The van der Waals surface area contributed by atoms with Crippen LogP contribution in [0, 0.1) is 11.2 Å². The van der Waals surface area contributed by atoms with Crippen LogP contribution in [0.4, 0.5) is 17.6 Å². The summed E-state index contributed by atoms with van der Waals surface area (Å²) < 4.78 is 50.1. The minimum absolute atomic E-state index is 0.142. The molecule has 84 valence electrons. The highest BCUT2D eigenvalue weighted by molar-refractivity contribution is 5.17. The van der Waals surface area contributed by atoms with E-state index in [0.29, 0.717) is 5.56 Å². The number of hydrogen-bond donors (Lipinski definition) is 0. The van der Waals surface area contributed by atoms with Crippen molar-refractivity contribution in [3.05, 3.63) is 35.6 Å². The fourth-order valence-electron chi connectivity index (χ4n) is 1.21. The van der Waals surface area contributed by atoms with E-state index in [2.05, 4.69) is 0 Å². The van der Waals surface area contributed by atoms with Crippen molar-refractivity contribution in [2.45, 2.75) is 26.4 Å². The Morgan fingerprint density at radius 3 is 1.87 bits per heavy atom. The average molecular weight is 220 g/mol. The summed E-state index contributed by atoms with van der Waals surface area (Å²) in [7, 11) is 0. The van der Waals surface area contributed by atoms with Crippen LogP contribution >= 0.6 is 0 Å². The third-order valence-electron chi connectivity index (χ3n) is 2.33. The molecule has 0 atom stereocenters. The van der Waals surface area contributed by atoms with Crippen LogP contribution in [0.25, 0.3) is 0 Å². The molecule has 0 amide bonds. The zero-order chi connectivity index (χ0) is 11.7. The molecular weight excluding hydrogens is 208 g/mol. The molecular formula is C11H12F4. The maximum absolute atomic E-state index is 12.5. The standard InChI is InChI=1S/C11H12F4/c1-10(2,11(13,14)15)7-8-3-5-9(12)6-4-8/h3-6H,7H2,1-2H3. The molecule has 0 nitrogen and oxygen atoms in total. The van der Waals surface area contributed by atoms with Crippen molar-refractivity contribution < 1.29 is 17.6 Å². The summed E-state index contributed by atoms with van der Waals surface area (Å²) in [6.07, 6.45) is -4.39. The van der Waals surface area contributed by atoms with E-state index in [9.17, 15) is 17.6 Å². The second kappa shape index (κ2) is 3.83. The number of benzene rings is 1.